The molecular weight excluding hydrogens is 339 g/mol. The maximum absolute atomic E-state index is 13.7. The Morgan fingerprint density at radius 3 is 2.67 bits per heavy atom. The van der Waals surface area contributed by atoms with Crippen molar-refractivity contribution in [1.29, 1.82) is 0 Å². The maximum Gasteiger partial charge on any atom is 0.161 e. The van der Waals surface area contributed by atoms with Crippen LogP contribution in [0.4, 0.5) is 4.39 Å². The van der Waals surface area contributed by atoms with Gasteiger partial charge in [0, 0.05) is 0 Å². The molecule has 0 saturated carbocycles. The molecule has 6 heteroatoms. The SMILES string of the molecule is NNC(c1ccc2c(c1)OCCO2)c1cccc(F)c1Br. The zero-order chi connectivity index (χ0) is 14.8. The van der Waals surface area contributed by atoms with Gasteiger partial charge in [-0.2, -0.15) is 0 Å². The number of hydrogen-bond donors (Lipinski definition) is 2. The first-order chi connectivity index (χ1) is 10.2. The van der Waals surface area contributed by atoms with Crippen LogP contribution in [0.5, 0.6) is 11.5 Å². The molecule has 0 radical (unpaired) electrons. The van der Waals surface area contributed by atoms with Crippen molar-refractivity contribution in [3.05, 3.63) is 57.8 Å². The summed E-state index contributed by atoms with van der Waals surface area (Å²) in [5.74, 6) is 6.72. The monoisotopic (exact) mass is 352 g/mol. The quantitative estimate of drug-likeness (QED) is 0.658. The van der Waals surface area contributed by atoms with E-state index in [1.807, 2.05) is 24.3 Å². The van der Waals surface area contributed by atoms with Gasteiger partial charge >= 0.3 is 0 Å². The van der Waals surface area contributed by atoms with E-state index < -0.39 is 0 Å². The molecule has 0 bridgehead atoms. The highest BCUT2D eigenvalue weighted by atomic mass is 79.9. The normalized spacial score (nSPS) is 14.8. The van der Waals surface area contributed by atoms with Crippen molar-refractivity contribution in [2.45, 2.75) is 6.04 Å². The van der Waals surface area contributed by atoms with Crippen molar-refractivity contribution < 1.29 is 13.9 Å². The summed E-state index contributed by atoms with van der Waals surface area (Å²) in [6, 6.07) is 10.1. The lowest BCUT2D eigenvalue weighted by Gasteiger charge is -2.22. The summed E-state index contributed by atoms with van der Waals surface area (Å²) in [7, 11) is 0. The molecule has 1 atom stereocenters. The number of nitrogens with two attached hydrogens (primary N) is 1. The molecule has 1 aliphatic rings. The van der Waals surface area contributed by atoms with Crippen molar-refractivity contribution in [3.8, 4) is 11.5 Å². The third-order valence-corrected chi connectivity index (χ3v) is 4.20. The van der Waals surface area contributed by atoms with Gasteiger partial charge in [0.05, 0.1) is 10.5 Å². The van der Waals surface area contributed by atoms with E-state index in [2.05, 4.69) is 21.4 Å². The second-order valence-corrected chi connectivity index (χ2v) is 5.44. The van der Waals surface area contributed by atoms with Gasteiger partial charge in [-0.3, -0.25) is 5.84 Å². The van der Waals surface area contributed by atoms with E-state index >= 15 is 0 Å². The minimum absolute atomic E-state index is 0.328. The third-order valence-electron chi connectivity index (χ3n) is 3.36. The average molecular weight is 353 g/mol. The standard InChI is InChI=1S/C15H14BrFN2O2/c16-14-10(2-1-3-11(14)17)15(19-18)9-4-5-12-13(8-9)21-7-6-20-12/h1-5,8,15,19H,6-7,18H2. The molecule has 2 aromatic carbocycles. The summed E-state index contributed by atoms with van der Waals surface area (Å²) in [5, 5.41) is 0. The predicted octanol–water partition coefficient (Wildman–Crippen LogP) is 2.91. The van der Waals surface area contributed by atoms with Crippen molar-refractivity contribution >= 4 is 15.9 Å². The predicted molar refractivity (Wildman–Crippen MR) is 80.7 cm³/mol. The fourth-order valence-electron chi connectivity index (χ4n) is 2.35. The Hall–Kier alpha value is -1.63. The van der Waals surface area contributed by atoms with Crippen LogP contribution in [0.25, 0.3) is 0 Å². The molecule has 1 heterocycles. The minimum Gasteiger partial charge on any atom is -0.486 e. The van der Waals surface area contributed by atoms with Crippen LogP contribution in [0.2, 0.25) is 0 Å². The van der Waals surface area contributed by atoms with Crippen molar-refractivity contribution in [2.75, 3.05) is 13.2 Å². The average Bonchev–Trinajstić information content (AvgIpc) is 2.52. The van der Waals surface area contributed by atoms with E-state index in [4.69, 9.17) is 15.3 Å². The molecule has 0 fully saturated rings. The van der Waals surface area contributed by atoms with E-state index in [1.165, 1.54) is 6.07 Å². The zero-order valence-electron chi connectivity index (χ0n) is 11.1. The van der Waals surface area contributed by atoms with Crippen LogP contribution in [-0.4, -0.2) is 13.2 Å². The summed E-state index contributed by atoms with van der Waals surface area (Å²) in [6.07, 6.45) is 0. The molecule has 0 aliphatic carbocycles. The van der Waals surface area contributed by atoms with Crippen molar-refractivity contribution in [1.82, 2.24) is 5.43 Å². The topological polar surface area (TPSA) is 56.5 Å². The highest BCUT2D eigenvalue weighted by molar-refractivity contribution is 9.10. The van der Waals surface area contributed by atoms with E-state index in [0.717, 1.165) is 5.56 Å². The summed E-state index contributed by atoms with van der Waals surface area (Å²) in [6.45, 7) is 1.06. The molecule has 3 rings (SSSR count). The number of halogens is 2. The zero-order valence-corrected chi connectivity index (χ0v) is 12.7. The van der Waals surface area contributed by atoms with Gasteiger partial charge in [0.25, 0.3) is 0 Å². The number of nitrogens with one attached hydrogen (secondary N) is 1. The van der Waals surface area contributed by atoms with E-state index in [-0.39, 0.29) is 11.9 Å². The maximum atomic E-state index is 13.7. The van der Waals surface area contributed by atoms with Crippen LogP contribution in [-0.2, 0) is 0 Å². The summed E-state index contributed by atoms with van der Waals surface area (Å²) in [5.41, 5.74) is 4.30. The van der Waals surface area contributed by atoms with Gasteiger partial charge in [-0.15, -0.1) is 0 Å². The van der Waals surface area contributed by atoms with Gasteiger partial charge in [-0.05, 0) is 45.3 Å². The van der Waals surface area contributed by atoms with Gasteiger partial charge in [-0.25, -0.2) is 9.82 Å². The first-order valence-corrected chi connectivity index (χ1v) is 7.29. The van der Waals surface area contributed by atoms with E-state index in [1.54, 1.807) is 6.07 Å². The Morgan fingerprint density at radius 2 is 1.90 bits per heavy atom. The number of hydrazine groups is 1. The molecule has 21 heavy (non-hydrogen) atoms. The number of benzene rings is 2. The second-order valence-electron chi connectivity index (χ2n) is 4.65. The molecule has 3 N–H and O–H groups in total. The highest BCUT2D eigenvalue weighted by Gasteiger charge is 2.20. The Balaban J connectivity index is 2.02. The van der Waals surface area contributed by atoms with Crippen LogP contribution in [0.1, 0.15) is 17.2 Å². The Kier molecular flexibility index (Phi) is 4.10. The first kappa shape index (κ1) is 14.3. The summed E-state index contributed by atoms with van der Waals surface area (Å²) in [4.78, 5) is 0. The van der Waals surface area contributed by atoms with Gasteiger partial charge in [0.1, 0.15) is 19.0 Å². The van der Waals surface area contributed by atoms with Crippen molar-refractivity contribution in [3.63, 3.8) is 0 Å². The molecule has 0 aromatic heterocycles. The van der Waals surface area contributed by atoms with Gasteiger partial charge < -0.3 is 9.47 Å². The van der Waals surface area contributed by atoms with E-state index in [0.29, 0.717) is 34.7 Å². The number of hydrogen-bond acceptors (Lipinski definition) is 4. The number of fused-ring (bicyclic) bond motifs is 1. The molecule has 110 valence electrons. The molecule has 1 aliphatic heterocycles. The fourth-order valence-corrected chi connectivity index (χ4v) is 2.84. The molecule has 0 saturated heterocycles. The molecule has 2 aromatic rings. The van der Waals surface area contributed by atoms with Gasteiger partial charge in [-0.1, -0.05) is 18.2 Å². The number of ether oxygens (including phenoxy) is 2. The van der Waals surface area contributed by atoms with Crippen LogP contribution in [0.15, 0.2) is 40.9 Å². The Morgan fingerprint density at radius 1 is 1.14 bits per heavy atom. The smallest absolute Gasteiger partial charge is 0.161 e. The third kappa shape index (κ3) is 2.74. The largest absolute Gasteiger partial charge is 0.486 e. The lowest BCUT2D eigenvalue weighted by atomic mass is 9.98. The fraction of sp³-hybridized carbons (Fsp3) is 0.200. The van der Waals surface area contributed by atoms with Crippen LogP contribution < -0.4 is 20.7 Å². The second kappa shape index (κ2) is 6.01. The lowest BCUT2D eigenvalue weighted by molar-refractivity contribution is 0.171. The molecule has 1 unspecified atom stereocenters. The van der Waals surface area contributed by atoms with E-state index in [9.17, 15) is 4.39 Å². The minimum atomic E-state index is -0.356. The molecule has 0 spiro atoms. The van der Waals surface area contributed by atoms with Crippen LogP contribution >= 0.6 is 15.9 Å². The van der Waals surface area contributed by atoms with Gasteiger partial charge in [0.15, 0.2) is 11.5 Å². The first-order valence-electron chi connectivity index (χ1n) is 6.50. The molecule has 4 nitrogen and oxygen atoms in total. The molecular formula is C15H14BrFN2O2. The summed E-state index contributed by atoms with van der Waals surface area (Å²) >= 11 is 3.27. The van der Waals surface area contributed by atoms with Crippen molar-refractivity contribution in [2.24, 2.45) is 5.84 Å². The summed E-state index contributed by atoms with van der Waals surface area (Å²) < 4.78 is 25.2. The lowest BCUT2D eigenvalue weighted by Crippen LogP contribution is -2.29. The van der Waals surface area contributed by atoms with Crippen LogP contribution in [0.3, 0.4) is 0 Å². The Labute approximate surface area is 130 Å². The van der Waals surface area contributed by atoms with Crippen LogP contribution in [0, 0.1) is 5.82 Å². The molecule has 0 amide bonds. The van der Waals surface area contributed by atoms with Gasteiger partial charge in [0.2, 0.25) is 0 Å². The Bertz CT molecular complexity index is 666. The highest BCUT2D eigenvalue weighted by Crippen LogP contribution is 2.36. The number of rotatable bonds is 3.